The van der Waals surface area contributed by atoms with Crippen LogP contribution in [0.2, 0.25) is 10.0 Å². The number of methoxy groups -OCH3 is 3. The fourth-order valence-corrected chi connectivity index (χ4v) is 4.50. The lowest BCUT2D eigenvalue weighted by Gasteiger charge is -2.26. The van der Waals surface area contributed by atoms with Crippen molar-refractivity contribution in [2.24, 2.45) is 0 Å². The minimum atomic E-state index is -0.0788. The Morgan fingerprint density at radius 3 is 2.00 bits per heavy atom. The number of nitrogens with zero attached hydrogens (tertiary/aromatic N) is 2. The Hall–Kier alpha value is -2.15. The van der Waals surface area contributed by atoms with E-state index in [1.165, 1.54) is 12.8 Å². The van der Waals surface area contributed by atoms with E-state index in [1.54, 1.807) is 39.5 Å². The fraction of sp³-hybridized carbons (Fsp3) is 0.536. The normalized spacial score (nSPS) is 11.0. The summed E-state index contributed by atoms with van der Waals surface area (Å²) in [5, 5.41) is 1.04. The number of amides is 1. The van der Waals surface area contributed by atoms with Gasteiger partial charge in [-0.25, -0.2) is 0 Å². The monoisotopic (exact) mass is 538 g/mol. The van der Waals surface area contributed by atoms with E-state index in [0.717, 1.165) is 38.0 Å². The first kappa shape index (κ1) is 30.1. The molecule has 0 unspecified atom stereocenters. The molecule has 0 saturated carbocycles. The number of carbonyl (C=O) groups excluding carboxylic acids is 1. The second kappa shape index (κ2) is 15.9. The molecule has 0 bridgehead atoms. The topological polar surface area (TPSA) is 51.2 Å². The van der Waals surface area contributed by atoms with Crippen LogP contribution in [0.15, 0.2) is 30.3 Å². The van der Waals surface area contributed by atoms with Gasteiger partial charge in [0.2, 0.25) is 5.75 Å². The zero-order chi connectivity index (χ0) is 26.5. The smallest absolute Gasteiger partial charge is 0.254 e. The van der Waals surface area contributed by atoms with E-state index >= 15 is 0 Å². The number of halogens is 2. The molecule has 0 fully saturated rings. The second-order valence-electron chi connectivity index (χ2n) is 8.75. The predicted octanol–water partition coefficient (Wildman–Crippen LogP) is 6.61. The quantitative estimate of drug-likeness (QED) is 0.240. The molecule has 0 radical (unpaired) electrons. The first-order valence-electron chi connectivity index (χ1n) is 12.6. The van der Waals surface area contributed by atoms with E-state index in [-0.39, 0.29) is 5.91 Å². The lowest BCUT2D eigenvalue weighted by Crippen LogP contribution is -2.36. The molecule has 2 rings (SSSR count). The van der Waals surface area contributed by atoms with E-state index in [1.807, 2.05) is 17.0 Å². The first-order valence-corrected chi connectivity index (χ1v) is 13.4. The molecule has 0 aromatic heterocycles. The van der Waals surface area contributed by atoms with Crippen LogP contribution in [0.25, 0.3) is 0 Å². The fourth-order valence-electron chi connectivity index (χ4n) is 4.18. The van der Waals surface area contributed by atoms with Crippen LogP contribution in [0.3, 0.4) is 0 Å². The van der Waals surface area contributed by atoms with E-state index in [2.05, 4.69) is 18.7 Å². The number of hydrogen-bond donors (Lipinski definition) is 0. The number of ether oxygens (including phenoxy) is 3. The molecule has 6 nitrogen and oxygen atoms in total. The van der Waals surface area contributed by atoms with Gasteiger partial charge in [0.25, 0.3) is 5.91 Å². The van der Waals surface area contributed by atoms with Gasteiger partial charge in [-0.3, -0.25) is 4.79 Å². The summed E-state index contributed by atoms with van der Waals surface area (Å²) in [6.07, 6.45) is 5.04. The maximum atomic E-state index is 13.7. The molecule has 0 aliphatic rings. The largest absolute Gasteiger partial charge is 0.493 e. The third kappa shape index (κ3) is 8.75. The highest BCUT2D eigenvalue weighted by Crippen LogP contribution is 2.38. The van der Waals surface area contributed by atoms with Crippen molar-refractivity contribution >= 4 is 29.1 Å². The summed E-state index contributed by atoms with van der Waals surface area (Å²) in [5.41, 5.74) is 1.53. The second-order valence-corrected chi connectivity index (χ2v) is 9.57. The van der Waals surface area contributed by atoms with Crippen molar-refractivity contribution in [1.82, 2.24) is 9.80 Å². The maximum absolute atomic E-state index is 13.7. The van der Waals surface area contributed by atoms with Crippen LogP contribution in [0.1, 0.15) is 55.5 Å². The lowest BCUT2D eigenvalue weighted by molar-refractivity contribution is 0.0748. The van der Waals surface area contributed by atoms with Crippen molar-refractivity contribution in [2.75, 3.05) is 54.1 Å². The highest BCUT2D eigenvalue weighted by molar-refractivity contribution is 6.42. The molecule has 8 heteroatoms. The van der Waals surface area contributed by atoms with Gasteiger partial charge < -0.3 is 24.0 Å². The van der Waals surface area contributed by atoms with E-state index in [4.69, 9.17) is 37.4 Å². The number of unbranched alkanes of at least 4 members (excludes halogenated alkanes) is 1. The summed E-state index contributed by atoms with van der Waals surface area (Å²) < 4.78 is 16.4. The minimum Gasteiger partial charge on any atom is -0.493 e. The van der Waals surface area contributed by atoms with Gasteiger partial charge >= 0.3 is 0 Å². The molecular weight excluding hydrogens is 499 g/mol. The van der Waals surface area contributed by atoms with Crippen molar-refractivity contribution in [1.29, 1.82) is 0 Å². The average molecular weight is 540 g/mol. The van der Waals surface area contributed by atoms with Crippen LogP contribution in [-0.2, 0) is 6.42 Å². The maximum Gasteiger partial charge on any atom is 0.254 e. The molecule has 0 aliphatic carbocycles. The van der Waals surface area contributed by atoms with Crippen LogP contribution in [-0.4, -0.2) is 69.8 Å². The molecule has 0 N–H and O–H groups in total. The Morgan fingerprint density at radius 2 is 1.44 bits per heavy atom. The van der Waals surface area contributed by atoms with Crippen molar-refractivity contribution in [3.8, 4) is 17.2 Å². The Balaban J connectivity index is 2.24. The number of rotatable bonds is 16. The zero-order valence-electron chi connectivity index (χ0n) is 22.2. The SMILES string of the molecule is CCCCN(CCC)CCCN(CCc1ccc(Cl)c(Cl)c1)C(=O)c1cc(OC)c(OC)c(OC)c1. The third-order valence-corrected chi connectivity index (χ3v) is 6.86. The van der Waals surface area contributed by atoms with Gasteiger partial charge in [0.1, 0.15) is 0 Å². The molecular formula is C28H40Cl2N2O4. The number of benzene rings is 2. The van der Waals surface area contributed by atoms with Gasteiger partial charge in [-0.05, 0) is 75.1 Å². The van der Waals surface area contributed by atoms with Crippen molar-refractivity contribution in [3.05, 3.63) is 51.5 Å². The van der Waals surface area contributed by atoms with Crippen molar-refractivity contribution < 1.29 is 19.0 Å². The molecule has 36 heavy (non-hydrogen) atoms. The highest BCUT2D eigenvalue weighted by atomic mass is 35.5. The van der Waals surface area contributed by atoms with Crippen molar-refractivity contribution in [2.45, 2.75) is 46.0 Å². The van der Waals surface area contributed by atoms with Gasteiger partial charge in [0, 0.05) is 18.7 Å². The summed E-state index contributed by atoms with van der Waals surface area (Å²) in [7, 11) is 4.64. The first-order chi connectivity index (χ1) is 17.4. The molecule has 0 heterocycles. The third-order valence-electron chi connectivity index (χ3n) is 6.12. The molecule has 2 aromatic rings. The molecule has 2 aromatic carbocycles. The summed E-state index contributed by atoms with van der Waals surface area (Å²) in [5.74, 6) is 1.30. The Bertz CT molecular complexity index is 946. The molecule has 200 valence electrons. The summed E-state index contributed by atoms with van der Waals surface area (Å²) >= 11 is 12.3. The molecule has 0 spiro atoms. The standard InChI is InChI=1S/C28H40Cl2N2O4/c1-6-8-14-31(13-7-2)15-9-16-32(17-12-21-10-11-23(29)24(30)18-21)28(33)22-19-25(34-3)27(36-5)26(20-22)35-4/h10-11,18-20H,6-9,12-17H2,1-5H3. The molecule has 0 atom stereocenters. The van der Waals surface area contributed by atoms with Gasteiger partial charge in [-0.1, -0.05) is 49.5 Å². The van der Waals surface area contributed by atoms with Crippen LogP contribution >= 0.6 is 23.2 Å². The van der Waals surface area contributed by atoms with Crippen LogP contribution < -0.4 is 14.2 Å². The summed E-state index contributed by atoms with van der Waals surface area (Å²) in [6.45, 7) is 8.74. The molecule has 0 aliphatic heterocycles. The summed E-state index contributed by atoms with van der Waals surface area (Å²) in [4.78, 5) is 18.1. The average Bonchev–Trinajstić information content (AvgIpc) is 2.89. The van der Waals surface area contributed by atoms with Crippen LogP contribution in [0, 0.1) is 0 Å². The Labute approximate surface area is 226 Å². The number of hydrogen-bond acceptors (Lipinski definition) is 5. The Kier molecular flexibility index (Phi) is 13.2. The molecule has 0 saturated heterocycles. The summed E-state index contributed by atoms with van der Waals surface area (Å²) in [6, 6.07) is 9.02. The van der Waals surface area contributed by atoms with Crippen LogP contribution in [0.4, 0.5) is 0 Å². The Morgan fingerprint density at radius 1 is 0.778 bits per heavy atom. The van der Waals surface area contributed by atoms with Gasteiger partial charge in [0.15, 0.2) is 11.5 Å². The van der Waals surface area contributed by atoms with E-state index in [0.29, 0.717) is 52.4 Å². The van der Waals surface area contributed by atoms with Gasteiger partial charge in [-0.2, -0.15) is 0 Å². The lowest BCUT2D eigenvalue weighted by atomic mass is 10.1. The van der Waals surface area contributed by atoms with E-state index in [9.17, 15) is 4.79 Å². The minimum absolute atomic E-state index is 0.0788. The molecule has 1 amide bonds. The van der Waals surface area contributed by atoms with E-state index < -0.39 is 0 Å². The van der Waals surface area contributed by atoms with Gasteiger partial charge in [-0.15, -0.1) is 0 Å². The van der Waals surface area contributed by atoms with Crippen LogP contribution in [0.5, 0.6) is 17.2 Å². The predicted molar refractivity (Wildman–Crippen MR) is 148 cm³/mol. The van der Waals surface area contributed by atoms with Crippen molar-refractivity contribution in [3.63, 3.8) is 0 Å². The highest BCUT2D eigenvalue weighted by Gasteiger charge is 2.21. The number of carbonyl (C=O) groups is 1. The zero-order valence-corrected chi connectivity index (χ0v) is 23.8. The van der Waals surface area contributed by atoms with Gasteiger partial charge in [0.05, 0.1) is 31.4 Å².